The minimum atomic E-state index is 0.606. The first-order valence-electron chi connectivity index (χ1n) is 11.7. The van der Waals surface area contributed by atoms with Gasteiger partial charge in [-0.2, -0.15) is 5.26 Å². The van der Waals surface area contributed by atoms with Crippen molar-refractivity contribution in [2.45, 2.75) is 19.8 Å². The molecule has 0 spiro atoms. The highest BCUT2D eigenvalue weighted by Crippen LogP contribution is 2.33. The number of hydrogen-bond donors (Lipinski definition) is 1. The van der Waals surface area contributed by atoms with Crippen molar-refractivity contribution < 1.29 is 0 Å². The molecule has 1 aliphatic rings. The number of nitriles is 1. The normalized spacial score (nSPS) is 11.9. The molecule has 36 heavy (non-hydrogen) atoms. The van der Waals surface area contributed by atoms with E-state index in [1.54, 1.807) is 24.8 Å². The number of anilines is 2. The van der Waals surface area contributed by atoms with Crippen LogP contribution in [0.1, 0.15) is 33.6 Å². The number of benzene rings is 2. The standard InChI is InChI=1S/C29H21N7/c1-18-7-12-23-28(34-17-35-29(23)36-20-10-8-19(15-30)9-11-20)24(18)14-26-22(5-3-13-31-26)27-21-4-2-6-25(21)32-16-33-27/h2-5,7-13,16-17H,6,14H2,1H3,(H,34,35,36). The van der Waals surface area contributed by atoms with Crippen LogP contribution >= 0.6 is 0 Å². The monoisotopic (exact) mass is 467 g/mol. The number of allylic oxidation sites excluding steroid dienone is 1. The van der Waals surface area contributed by atoms with Crippen molar-refractivity contribution in [3.05, 3.63) is 107 Å². The molecule has 1 aliphatic carbocycles. The van der Waals surface area contributed by atoms with Gasteiger partial charge in [-0.1, -0.05) is 18.2 Å². The van der Waals surface area contributed by atoms with Crippen molar-refractivity contribution in [3.8, 4) is 17.3 Å². The quantitative estimate of drug-likeness (QED) is 0.361. The van der Waals surface area contributed by atoms with Gasteiger partial charge in [0.25, 0.3) is 0 Å². The molecule has 6 rings (SSSR count). The second-order valence-corrected chi connectivity index (χ2v) is 8.66. The highest BCUT2D eigenvalue weighted by atomic mass is 15.0. The fourth-order valence-corrected chi connectivity index (χ4v) is 4.61. The Morgan fingerprint density at radius 3 is 2.67 bits per heavy atom. The van der Waals surface area contributed by atoms with Gasteiger partial charge in [0.2, 0.25) is 0 Å². The average Bonchev–Trinajstić information content (AvgIpc) is 3.40. The van der Waals surface area contributed by atoms with Gasteiger partial charge in [-0.3, -0.25) is 4.98 Å². The van der Waals surface area contributed by atoms with E-state index in [1.807, 2.05) is 30.5 Å². The largest absolute Gasteiger partial charge is 0.340 e. The van der Waals surface area contributed by atoms with Gasteiger partial charge in [-0.15, -0.1) is 0 Å². The van der Waals surface area contributed by atoms with E-state index in [0.29, 0.717) is 17.8 Å². The summed E-state index contributed by atoms with van der Waals surface area (Å²) in [5.74, 6) is 0.714. The molecule has 3 heterocycles. The van der Waals surface area contributed by atoms with E-state index in [4.69, 9.17) is 10.2 Å². The molecule has 0 fully saturated rings. The first kappa shape index (κ1) is 21.6. The Kier molecular flexibility index (Phi) is 5.39. The fraction of sp³-hybridized carbons (Fsp3) is 0.103. The Hall–Kier alpha value is -4.96. The molecule has 3 aromatic heterocycles. The fourth-order valence-electron chi connectivity index (χ4n) is 4.61. The van der Waals surface area contributed by atoms with E-state index in [1.165, 1.54) is 0 Å². The predicted octanol–water partition coefficient (Wildman–Crippen LogP) is 5.57. The Labute approximate surface area is 208 Å². The first-order valence-corrected chi connectivity index (χ1v) is 11.7. The van der Waals surface area contributed by atoms with Crippen LogP contribution in [0.3, 0.4) is 0 Å². The van der Waals surface area contributed by atoms with Gasteiger partial charge in [0, 0.05) is 41.2 Å². The lowest BCUT2D eigenvalue weighted by Crippen LogP contribution is -2.04. The number of rotatable bonds is 5. The van der Waals surface area contributed by atoms with E-state index in [2.05, 4.69) is 62.5 Å². The summed E-state index contributed by atoms with van der Waals surface area (Å²) in [6.45, 7) is 2.10. The number of nitrogens with one attached hydrogen (secondary N) is 1. The van der Waals surface area contributed by atoms with Gasteiger partial charge < -0.3 is 5.32 Å². The van der Waals surface area contributed by atoms with Gasteiger partial charge in [-0.25, -0.2) is 19.9 Å². The third-order valence-corrected chi connectivity index (χ3v) is 6.47. The third-order valence-electron chi connectivity index (χ3n) is 6.47. The molecule has 0 aliphatic heterocycles. The number of hydrogen-bond acceptors (Lipinski definition) is 7. The predicted molar refractivity (Wildman–Crippen MR) is 140 cm³/mol. The number of pyridine rings is 1. The van der Waals surface area contributed by atoms with E-state index in [-0.39, 0.29) is 0 Å². The number of fused-ring (bicyclic) bond motifs is 2. The summed E-state index contributed by atoms with van der Waals surface area (Å²) in [5.41, 5.74) is 9.54. The smallest absolute Gasteiger partial charge is 0.141 e. The zero-order chi connectivity index (χ0) is 24.5. The zero-order valence-corrected chi connectivity index (χ0v) is 19.6. The summed E-state index contributed by atoms with van der Waals surface area (Å²) in [7, 11) is 0. The molecule has 1 N–H and O–H groups in total. The van der Waals surface area contributed by atoms with E-state index < -0.39 is 0 Å². The third kappa shape index (κ3) is 3.85. The molecular formula is C29H21N7. The molecule has 7 heteroatoms. The highest BCUT2D eigenvalue weighted by molar-refractivity contribution is 5.93. The lowest BCUT2D eigenvalue weighted by Gasteiger charge is -2.15. The van der Waals surface area contributed by atoms with Crippen LogP contribution in [0.15, 0.2) is 73.5 Å². The number of aromatic nitrogens is 5. The van der Waals surface area contributed by atoms with Gasteiger partial charge in [0.05, 0.1) is 34.2 Å². The van der Waals surface area contributed by atoms with Crippen LogP contribution in [-0.4, -0.2) is 24.9 Å². The van der Waals surface area contributed by atoms with Crippen molar-refractivity contribution >= 4 is 28.5 Å². The first-order chi connectivity index (χ1) is 17.7. The molecular weight excluding hydrogens is 446 g/mol. The summed E-state index contributed by atoms with van der Waals surface area (Å²) >= 11 is 0. The molecule has 0 unspecified atom stereocenters. The molecule has 172 valence electrons. The second-order valence-electron chi connectivity index (χ2n) is 8.66. The van der Waals surface area contributed by atoms with Crippen LogP contribution in [0.25, 0.3) is 28.2 Å². The summed E-state index contributed by atoms with van der Waals surface area (Å²) in [5, 5.41) is 13.4. The van der Waals surface area contributed by atoms with Crippen molar-refractivity contribution in [1.82, 2.24) is 24.9 Å². The highest BCUT2D eigenvalue weighted by Gasteiger charge is 2.19. The Morgan fingerprint density at radius 2 is 1.81 bits per heavy atom. The minimum Gasteiger partial charge on any atom is -0.340 e. The maximum Gasteiger partial charge on any atom is 0.141 e. The Bertz CT molecular complexity index is 1680. The maximum atomic E-state index is 9.07. The van der Waals surface area contributed by atoms with Crippen LogP contribution in [0.4, 0.5) is 11.5 Å². The van der Waals surface area contributed by atoms with Crippen LogP contribution < -0.4 is 5.32 Å². The van der Waals surface area contributed by atoms with Gasteiger partial charge in [0.15, 0.2) is 0 Å². The van der Waals surface area contributed by atoms with Crippen LogP contribution in [0.2, 0.25) is 0 Å². The number of aryl methyl sites for hydroxylation is 1. The molecule has 0 amide bonds. The van der Waals surface area contributed by atoms with Crippen molar-refractivity contribution in [3.63, 3.8) is 0 Å². The lowest BCUT2D eigenvalue weighted by atomic mass is 9.95. The van der Waals surface area contributed by atoms with Crippen LogP contribution in [-0.2, 0) is 12.8 Å². The number of nitrogens with zero attached hydrogens (tertiary/aromatic N) is 6. The summed E-state index contributed by atoms with van der Waals surface area (Å²) in [6, 6.07) is 17.6. The SMILES string of the molecule is Cc1ccc2c(Nc3ccc(C#N)cc3)ncnc2c1Cc1ncccc1-c1ncnc2c1C=CC2. The molecule has 2 aromatic carbocycles. The van der Waals surface area contributed by atoms with Crippen LogP contribution in [0.5, 0.6) is 0 Å². The topological polar surface area (TPSA) is 100 Å². The average molecular weight is 468 g/mol. The van der Waals surface area contributed by atoms with Gasteiger partial charge >= 0.3 is 0 Å². The van der Waals surface area contributed by atoms with Crippen molar-refractivity contribution in [1.29, 1.82) is 5.26 Å². The lowest BCUT2D eigenvalue weighted by molar-refractivity contribution is 1.04. The van der Waals surface area contributed by atoms with Gasteiger partial charge in [-0.05, 0) is 60.5 Å². The zero-order valence-electron chi connectivity index (χ0n) is 19.6. The summed E-state index contributed by atoms with van der Waals surface area (Å²) in [6.07, 6.45) is 10.7. The van der Waals surface area contributed by atoms with Crippen molar-refractivity contribution in [2.75, 3.05) is 5.32 Å². The molecule has 5 aromatic rings. The molecule has 0 bridgehead atoms. The van der Waals surface area contributed by atoms with Crippen LogP contribution in [0, 0.1) is 18.3 Å². The molecule has 0 atom stereocenters. The minimum absolute atomic E-state index is 0.606. The van der Waals surface area contributed by atoms with E-state index in [9.17, 15) is 0 Å². The second kappa shape index (κ2) is 9.01. The Morgan fingerprint density at radius 1 is 0.944 bits per heavy atom. The van der Waals surface area contributed by atoms with Crippen molar-refractivity contribution in [2.24, 2.45) is 0 Å². The molecule has 7 nitrogen and oxygen atoms in total. The van der Waals surface area contributed by atoms with E-state index in [0.717, 1.165) is 62.3 Å². The summed E-state index contributed by atoms with van der Waals surface area (Å²) < 4.78 is 0. The summed E-state index contributed by atoms with van der Waals surface area (Å²) in [4.78, 5) is 23.0. The molecule has 0 radical (unpaired) electrons. The van der Waals surface area contributed by atoms with Gasteiger partial charge in [0.1, 0.15) is 18.5 Å². The Balaban J connectivity index is 1.42. The molecule has 0 saturated heterocycles. The van der Waals surface area contributed by atoms with E-state index >= 15 is 0 Å². The maximum absolute atomic E-state index is 9.07. The molecule has 0 saturated carbocycles.